The Balaban J connectivity index is 1.22. The lowest BCUT2D eigenvalue weighted by atomic mass is 9.59. The minimum atomic E-state index is -0.243. The van der Waals surface area contributed by atoms with Gasteiger partial charge in [-0.2, -0.15) is 0 Å². The summed E-state index contributed by atoms with van der Waals surface area (Å²) in [6, 6.07) is 0. The van der Waals surface area contributed by atoms with Crippen molar-refractivity contribution in [1.29, 1.82) is 0 Å². The zero-order chi connectivity index (χ0) is 34.0. The highest BCUT2D eigenvalue weighted by Crippen LogP contribution is 2.60. The first-order chi connectivity index (χ1) is 23.6. The Hall–Kier alpha value is -1.16. The fraction of sp³-hybridized carbons (Fsp3) is 0.822. The van der Waals surface area contributed by atoms with Crippen LogP contribution in [0.3, 0.4) is 0 Å². The molecule has 3 fully saturated rings. The van der Waals surface area contributed by atoms with Gasteiger partial charge in [-0.15, -0.1) is 0 Å². The van der Waals surface area contributed by atoms with E-state index in [1.54, 1.807) is 0 Å². The number of hydrogen-bond acceptors (Lipinski definition) is 3. The normalized spacial score (nSPS) is 22.0. The highest BCUT2D eigenvalue weighted by atomic mass is 16.8. The van der Waals surface area contributed by atoms with Crippen molar-refractivity contribution in [1.82, 2.24) is 4.90 Å². The quantitative estimate of drug-likeness (QED) is 0.0563. The van der Waals surface area contributed by atoms with Crippen molar-refractivity contribution in [2.75, 3.05) is 20.1 Å². The third kappa shape index (κ3) is 17.2. The molecule has 0 unspecified atom stereocenters. The number of hydrogen-bond donors (Lipinski definition) is 0. The van der Waals surface area contributed by atoms with Gasteiger partial charge in [-0.3, -0.25) is 0 Å². The summed E-state index contributed by atoms with van der Waals surface area (Å²) in [5.74, 6) is -0.243. The minimum absolute atomic E-state index is 0.243. The minimum Gasteiger partial charge on any atom is -0.343 e. The molecule has 3 nitrogen and oxygen atoms in total. The molecule has 276 valence electrons. The van der Waals surface area contributed by atoms with Crippen LogP contribution in [0.15, 0.2) is 48.6 Å². The molecule has 48 heavy (non-hydrogen) atoms. The van der Waals surface area contributed by atoms with Gasteiger partial charge in [0.05, 0.1) is 0 Å². The Labute approximate surface area is 299 Å². The van der Waals surface area contributed by atoms with Crippen molar-refractivity contribution in [3.05, 3.63) is 48.6 Å². The van der Waals surface area contributed by atoms with Crippen LogP contribution in [0.1, 0.15) is 194 Å². The summed E-state index contributed by atoms with van der Waals surface area (Å²) in [5, 5.41) is 0. The van der Waals surface area contributed by atoms with Crippen LogP contribution in [0.2, 0.25) is 0 Å². The number of ether oxygens (including phenoxy) is 2. The predicted octanol–water partition coefficient (Wildman–Crippen LogP) is 13.6. The van der Waals surface area contributed by atoms with Gasteiger partial charge in [-0.25, -0.2) is 0 Å². The molecule has 2 aliphatic heterocycles. The van der Waals surface area contributed by atoms with Crippen molar-refractivity contribution < 1.29 is 9.47 Å². The maximum Gasteiger partial charge on any atom is 0.170 e. The molecular formula is C45H79NO2. The predicted molar refractivity (Wildman–Crippen MR) is 210 cm³/mol. The molecular weight excluding hydrogens is 587 g/mol. The maximum atomic E-state index is 6.62. The molecule has 1 aliphatic carbocycles. The van der Waals surface area contributed by atoms with Crippen molar-refractivity contribution >= 4 is 0 Å². The van der Waals surface area contributed by atoms with Gasteiger partial charge in [0.2, 0.25) is 0 Å². The number of allylic oxidation sites excluding steroid dienone is 8. The van der Waals surface area contributed by atoms with Gasteiger partial charge in [0.15, 0.2) is 5.79 Å². The number of unbranched alkanes of at least 4 members (excludes halogenated alkanes) is 18. The first kappa shape index (κ1) is 41.3. The Morgan fingerprint density at radius 2 is 0.833 bits per heavy atom. The van der Waals surface area contributed by atoms with Crippen LogP contribution in [0.5, 0.6) is 0 Å². The smallest absolute Gasteiger partial charge is 0.170 e. The Morgan fingerprint density at radius 1 is 0.479 bits per heavy atom. The van der Waals surface area contributed by atoms with E-state index in [0.29, 0.717) is 17.6 Å². The third-order valence-corrected chi connectivity index (χ3v) is 11.2. The van der Waals surface area contributed by atoms with Crippen LogP contribution < -0.4 is 0 Å². The maximum absolute atomic E-state index is 6.62. The Bertz CT molecular complexity index is 831. The second-order valence-corrected chi connectivity index (χ2v) is 16.0. The topological polar surface area (TPSA) is 21.7 Å². The van der Waals surface area contributed by atoms with Crippen LogP contribution in [0.4, 0.5) is 0 Å². The average molecular weight is 666 g/mol. The Kier molecular flexibility index (Phi) is 22.1. The average Bonchev–Trinajstić information content (AvgIpc) is 3.58. The summed E-state index contributed by atoms with van der Waals surface area (Å²) < 4.78 is 13.2. The molecule has 0 radical (unpaired) electrons. The number of likely N-dealkylation sites (tertiary alicyclic amines) is 1. The van der Waals surface area contributed by atoms with Crippen LogP contribution >= 0.6 is 0 Å². The van der Waals surface area contributed by atoms with Gasteiger partial charge in [0, 0.05) is 25.9 Å². The van der Waals surface area contributed by atoms with E-state index in [9.17, 15) is 0 Å². The molecule has 0 N–H and O–H groups in total. The third-order valence-electron chi connectivity index (χ3n) is 11.2. The summed E-state index contributed by atoms with van der Waals surface area (Å²) in [5.41, 5.74) is 0.467. The number of nitrogens with zero attached hydrogens (tertiary/aromatic N) is 1. The number of likely N-dealkylation sites (N-methyl/N-ethyl adjacent to an activating group) is 1. The molecule has 2 atom stereocenters. The molecule has 3 heteroatoms. The number of rotatable bonds is 30. The first-order valence-corrected chi connectivity index (χ1v) is 21.2. The fourth-order valence-corrected chi connectivity index (χ4v) is 8.44. The van der Waals surface area contributed by atoms with Gasteiger partial charge < -0.3 is 14.4 Å². The molecule has 0 bridgehead atoms. The van der Waals surface area contributed by atoms with Crippen LogP contribution in [-0.2, 0) is 9.47 Å². The van der Waals surface area contributed by atoms with Gasteiger partial charge in [0.25, 0.3) is 0 Å². The number of fused-ring (bicyclic) bond motifs is 1. The molecule has 2 saturated heterocycles. The molecule has 0 aromatic carbocycles. The molecule has 2 heterocycles. The summed E-state index contributed by atoms with van der Waals surface area (Å²) in [4.78, 5) is 2.36. The van der Waals surface area contributed by atoms with Gasteiger partial charge >= 0.3 is 0 Å². The van der Waals surface area contributed by atoms with E-state index in [-0.39, 0.29) is 5.79 Å². The highest BCUT2D eigenvalue weighted by Gasteiger charge is 2.62. The van der Waals surface area contributed by atoms with Crippen molar-refractivity contribution in [2.45, 2.75) is 212 Å². The van der Waals surface area contributed by atoms with E-state index < -0.39 is 0 Å². The highest BCUT2D eigenvalue weighted by molar-refractivity contribution is 5.06. The van der Waals surface area contributed by atoms with E-state index in [1.807, 2.05) is 0 Å². The summed E-state index contributed by atoms with van der Waals surface area (Å²) in [7, 11) is 2.19. The zero-order valence-corrected chi connectivity index (χ0v) is 32.3. The molecule has 0 aromatic rings. The molecule has 1 spiro atoms. The monoisotopic (exact) mass is 666 g/mol. The molecule has 3 aliphatic rings. The first-order valence-electron chi connectivity index (χ1n) is 21.2. The van der Waals surface area contributed by atoms with Crippen LogP contribution in [0.25, 0.3) is 0 Å². The lowest BCUT2D eigenvalue weighted by Crippen LogP contribution is -2.54. The molecule has 0 amide bonds. The van der Waals surface area contributed by atoms with Crippen LogP contribution in [0, 0.1) is 5.41 Å². The lowest BCUT2D eigenvalue weighted by molar-refractivity contribution is -0.281. The van der Waals surface area contributed by atoms with E-state index >= 15 is 0 Å². The van der Waals surface area contributed by atoms with Gasteiger partial charge in [-0.05, 0) is 89.5 Å². The van der Waals surface area contributed by atoms with Gasteiger partial charge in [-0.1, -0.05) is 152 Å². The summed E-state index contributed by atoms with van der Waals surface area (Å²) in [6.07, 6.45) is 56.5. The molecule has 3 rings (SSSR count). The second-order valence-electron chi connectivity index (χ2n) is 16.0. The SMILES string of the molecule is CCCCC/C=C\C/C=C\CCCCCCCCC1(CCCCCCCC/C=C\C/C=C\CCCCC)CC2(C1)O[C@H]1CN(C)C[C@H]1O2. The summed E-state index contributed by atoms with van der Waals surface area (Å²) >= 11 is 0. The largest absolute Gasteiger partial charge is 0.343 e. The van der Waals surface area contributed by atoms with Crippen molar-refractivity contribution in [3.63, 3.8) is 0 Å². The Morgan fingerprint density at radius 3 is 1.23 bits per heavy atom. The standard InChI is InChI=1S/C45H79NO2/c1-4-6-8-10-12-14-16-18-20-22-24-26-28-30-32-34-36-44(40-45(41-44)47-42-38-46(3)39-43(42)48-45)37-35-33-31-29-27-25-23-21-19-17-15-13-11-9-7-5-2/h12-15,18-21,42-43H,4-11,16-17,22-41H2,1-3H3/b14-12-,15-13-,20-18-,21-19-/t42-,43+. The van der Waals surface area contributed by atoms with E-state index in [4.69, 9.17) is 9.47 Å². The second kappa shape index (κ2) is 25.7. The molecule has 1 saturated carbocycles. The van der Waals surface area contributed by atoms with Crippen molar-refractivity contribution in [2.24, 2.45) is 5.41 Å². The van der Waals surface area contributed by atoms with Gasteiger partial charge in [0.1, 0.15) is 12.2 Å². The summed E-state index contributed by atoms with van der Waals surface area (Å²) in [6.45, 7) is 6.63. The van der Waals surface area contributed by atoms with E-state index in [0.717, 1.165) is 38.8 Å². The van der Waals surface area contributed by atoms with Crippen LogP contribution in [-0.4, -0.2) is 43.0 Å². The van der Waals surface area contributed by atoms with E-state index in [1.165, 1.54) is 154 Å². The fourth-order valence-electron chi connectivity index (χ4n) is 8.44. The molecule has 0 aromatic heterocycles. The zero-order valence-electron chi connectivity index (χ0n) is 32.3. The van der Waals surface area contributed by atoms with E-state index in [2.05, 4.69) is 74.4 Å². The lowest BCUT2D eigenvalue weighted by Gasteiger charge is -2.54. The van der Waals surface area contributed by atoms with Crippen molar-refractivity contribution in [3.8, 4) is 0 Å².